The molecule has 1 aromatic carbocycles. The monoisotopic (exact) mass is 360 g/mol. The van der Waals surface area contributed by atoms with Crippen LogP contribution in [0.1, 0.15) is 29.8 Å². The molecule has 0 aliphatic carbocycles. The molecule has 0 saturated carbocycles. The number of hydrogen-bond acceptors (Lipinski definition) is 6. The Labute approximate surface area is 150 Å². The Morgan fingerprint density at radius 3 is 2.48 bits per heavy atom. The number of ether oxygens (including phenoxy) is 1. The maximum Gasteiger partial charge on any atom is 0.343 e. The fraction of sp³-hybridized carbons (Fsp3) is 0.294. The van der Waals surface area contributed by atoms with Crippen LogP contribution in [0.4, 0.5) is 16.3 Å². The number of carbonyl (C=O) groups is 2. The number of aryl methyl sites for hydroxylation is 1. The Morgan fingerprint density at radius 1 is 1.16 bits per heavy atom. The fourth-order valence-electron chi connectivity index (χ4n) is 2.01. The van der Waals surface area contributed by atoms with E-state index in [1.807, 2.05) is 24.3 Å². The summed E-state index contributed by atoms with van der Waals surface area (Å²) in [6, 6.07) is 7.02. The summed E-state index contributed by atoms with van der Waals surface area (Å²) in [5.74, 6) is -0.474. The van der Waals surface area contributed by atoms with Crippen LogP contribution in [-0.4, -0.2) is 34.8 Å². The van der Waals surface area contributed by atoms with E-state index in [0.717, 1.165) is 6.42 Å². The van der Waals surface area contributed by atoms with Gasteiger partial charge in [0.2, 0.25) is 0 Å². The molecule has 0 fully saturated rings. The van der Waals surface area contributed by atoms with Crippen molar-refractivity contribution in [1.29, 1.82) is 0 Å². The molecule has 0 spiro atoms. The Bertz CT molecular complexity index is 750. The zero-order valence-corrected chi connectivity index (χ0v) is 15.1. The molecular formula is C17H20N4O3S. The highest BCUT2D eigenvalue weighted by molar-refractivity contribution is 7.98. The van der Waals surface area contributed by atoms with E-state index in [0.29, 0.717) is 10.8 Å². The number of hydrogen-bond donors (Lipinski definition) is 2. The molecule has 132 valence electrons. The fourth-order valence-corrected chi connectivity index (χ4v) is 2.35. The van der Waals surface area contributed by atoms with Gasteiger partial charge in [0.05, 0.1) is 6.61 Å². The van der Waals surface area contributed by atoms with Gasteiger partial charge in [0.15, 0.2) is 11.0 Å². The molecule has 0 unspecified atom stereocenters. The van der Waals surface area contributed by atoms with Gasteiger partial charge < -0.3 is 10.1 Å². The molecule has 2 aromatic rings. The van der Waals surface area contributed by atoms with Crippen LogP contribution in [0.5, 0.6) is 0 Å². The van der Waals surface area contributed by atoms with Gasteiger partial charge in [-0.05, 0) is 37.3 Å². The van der Waals surface area contributed by atoms with Gasteiger partial charge in [0.1, 0.15) is 5.56 Å². The molecule has 0 aliphatic rings. The summed E-state index contributed by atoms with van der Waals surface area (Å²) < 4.78 is 4.97. The maximum absolute atomic E-state index is 12.2. The highest BCUT2D eigenvalue weighted by Gasteiger charge is 2.18. The van der Waals surface area contributed by atoms with Crippen LogP contribution in [0, 0.1) is 0 Å². The van der Waals surface area contributed by atoms with E-state index in [1.54, 1.807) is 13.2 Å². The lowest BCUT2D eigenvalue weighted by molar-refractivity contribution is 0.0526. The van der Waals surface area contributed by atoms with Crippen LogP contribution >= 0.6 is 11.8 Å². The molecule has 1 heterocycles. The van der Waals surface area contributed by atoms with E-state index in [-0.39, 0.29) is 18.0 Å². The number of anilines is 2. The summed E-state index contributed by atoms with van der Waals surface area (Å²) >= 11 is 1.31. The topological polar surface area (TPSA) is 93.2 Å². The minimum absolute atomic E-state index is 0.108. The summed E-state index contributed by atoms with van der Waals surface area (Å²) in [6.07, 6.45) is 4.08. The van der Waals surface area contributed by atoms with Gasteiger partial charge in [-0.3, -0.25) is 5.32 Å². The van der Waals surface area contributed by atoms with E-state index < -0.39 is 12.0 Å². The summed E-state index contributed by atoms with van der Waals surface area (Å²) in [5.41, 5.74) is 1.93. The average Bonchev–Trinajstić information content (AvgIpc) is 2.62. The lowest BCUT2D eigenvalue weighted by atomic mass is 10.1. The number of nitrogens with one attached hydrogen (secondary N) is 2. The van der Waals surface area contributed by atoms with Crippen molar-refractivity contribution in [2.24, 2.45) is 0 Å². The van der Waals surface area contributed by atoms with E-state index in [4.69, 9.17) is 4.74 Å². The predicted molar refractivity (Wildman–Crippen MR) is 98.2 cm³/mol. The number of nitrogens with zero attached hydrogens (tertiary/aromatic N) is 2. The first-order valence-corrected chi connectivity index (χ1v) is 9.04. The largest absolute Gasteiger partial charge is 0.462 e. The normalized spacial score (nSPS) is 10.2. The Balaban J connectivity index is 2.15. The quantitative estimate of drug-likeness (QED) is 0.465. The second-order valence-electron chi connectivity index (χ2n) is 4.97. The van der Waals surface area contributed by atoms with E-state index in [1.165, 1.54) is 23.5 Å². The smallest absolute Gasteiger partial charge is 0.343 e. The van der Waals surface area contributed by atoms with Crippen molar-refractivity contribution in [3.05, 3.63) is 41.6 Å². The SMILES string of the molecule is CCOC(=O)c1cnc(SC)nc1NC(=O)Nc1ccc(CC)cc1. The van der Waals surface area contributed by atoms with Crippen LogP contribution in [0.25, 0.3) is 0 Å². The number of esters is 1. The van der Waals surface area contributed by atoms with Gasteiger partial charge >= 0.3 is 12.0 Å². The van der Waals surface area contributed by atoms with E-state index >= 15 is 0 Å². The van der Waals surface area contributed by atoms with Crippen LogP contribution in [0.15, 0.2) is 35.6 Å². The Morgan fingerprint density at radius 2 is 1.88 bits per heavy atom. The summed E-state index contributed by atoms with van der Waals surface area (Å²) in [5, 5.41) is 5.73. The number of rotatable bonds is 6. The van der Waals surface area contributed by atoms with Crippen molar-refractivity contribution >= 4 is 35.3 Å². The number of benzene rings is 1. The molecule has 0 saturated heterocycles. The molecule has 0 atom stereocenters. The first-order valence-electron chi connectivity index (χ1n) is 7.82. The molecule has 0 radical (unpaired) electrons. The second-order valence-corrected chi connectivity index (χ2v) is 5.74. The van der Waals surface area contributed by atoms with Crippen LogP contribution in [-0.2, 0) is 11.2 Å². The first-order chi connectivity index (χ1) is 12.1. The highest BCUT2D eigenvalue weighted by atomic mass is 32.2. The van der Waals surface area contributed by atoms with Gasteiger partial charge in [0, 0.05) is 11.9 Å². The summed E-state index contributed by atoms with van der Waals surface area (Å²) in [7, 11) is 0. The molecule has 2 rings (SSSR count). The molecule has 2 amide bonds. The number of thioether (sulfide) groups is 1. The third-order valence-corrected chi connectivity index (χ3v) is 3.86. The zero-order valence-electron chi connectivity index (χ0n) is 14.3. The predicted octanol–water partition coefficient (Wildman–Crippen LogP) is 3.58. The van der Waals surface area contributed by atoms with Crippen LogP contribution in [0.3, 0.4) is 0 Å². The van der Waals surface area contributed by atoms with Gasteiger partial charge in [-0.2, -0.15) is 0 Å². The highest BCUT2D eigenvalue weighted by Crippen LogP contribution is 2.18. The average molecular weight is 360 g/mol. The van der Waals surface area contributed by atoms with Crippen LogP contribution < -0.4 is 10.6 Å². The minimum atomic E-state index is -0.585. The zero-order chi connectivity index (χ0) is 18.2. The molecule has 25 heavy (non-hydrogen) atoms. The van der Waals surface area contributed by atoms with Crippen molar-refractivity contribution in [1.82, 2.24) is 9.97 Å². The van der Waals surface area contributed by atoms with Crippen molar-refractivity contribution in [3.63, 3.8) is 0 Å². The van der Waals surface area contributed by atoms with Crippen molar-refractivity contribution in [2.75, 3.05) is 23.5 Å². The number of amides is 2. The number of urea groups is 1. The molecule has 2 N–H and O–H groups in total. The van der Waals surface area contributed by atoms with Crippen molar-refractivity contribution in [2.45, 2.75) is 25.4 Å². The standard InChI is InChI=1S/C17H20N4O3S/c1-4-11-6-8-12(9-7-11)19-16(23)20-14-13(15(22)24-5-2)10-18-17(21-14)25-3/h6-10H,4-5H2,1-3H3,(H2,18,19,20,21,23). The lowest BCUT2D eigenvalue weighted by Crippen LogP contribution is -2.22. The third kappa shape index (κ3) is 5.18. The molecule has 0 bridgehead atoms. The Hall–Kier alpha value is -2.61. The van der Waals surface area contributed by atoms with E-state index in [9.17, 15) is 9.59 Å². The third-order valence-electron chi connectivity index (χ3n) is 3.30. The number of aromatic nitrogens is 2. The molecule has 1 aromatic heterocycles. The van der Waals surface area contributed by atoms with Crippen molar-refractivity contribution in [3.8, 4) is 0 Å². The molecular weight excluding hydrogens is 340 g/mol. The number of carbonyl (C=O) groups excluding carboxylic acids is 2. The van der Waals surface area contributed by atoms with E-state index in [2.05, 4.69) is 27.5 Å². The molecule has 0 aliphatic heterocycles. The maximum atomic E-state index is 12.2. The lowest BCUT2D eigenvalue weighted by Gasteiger charge is -2.11. The van der Waals surface area contributed by atoms with Gasteiger partial charge in [-0.25, -0.2) is 19.6 Å². The second kappa shape index (κ2) is 9.03. The van der Waals surface area contributed by atoms with Crippen LogP contribution in [0.2, 0.25) is 0 Å². The first kappa shape index (κ1) is 18.7. The molecule has 8 heteroatoms. The van der Waals surface area contributed by atoms with Gasteiger partial charge in [-0.1, -0.05) is 30.8 Å². The van der Waals surface area contributed by atoms with Gasteiger partial charge in [-0.15, -0.1) is 0 Å². The summed E-state index contributed by atoms with van der Waals surface area (Å²) in [6.45, 7) is 3.98. The molecule has 7 nitrogen and oxygen atoms in total. The Kier molecular flexibility index (Phi) is 6.76. The minimum Gasteiger partial charge on any atom is -0.462 e. The van der Waals surface area contributed by atoms with Gasteiger partial charge in [0.25, 0.3) is 0 Å². The summed E-state index contributed by atoms with van der Waals surface area (Å²) in [4.78, 5) is 32.5. The van der Waals surface area contributed by atoms with Crippen molar-refractivity contribution < 1.29 is 14.3 Å².